The Kier molecular flexibility index (Phi) is 6.15. The fourth-order valence-electron chi connectivity index (χ4n) is 3.14. The predicted molar refractivity (Wildman–Crippen MR) is 90.1 cm³/mol. The summed E-state index contributed by atoms with van der Waals surface area (Å²) in [5, 5.41) is 8.02. The fourth-order valence-corrected chi connectivity index (χ4v) is 3.80. The summed E-state index contributed by atoms with van der Waals surface area (Å²) in [4.78, 5) is 12.3. The van der Waals surface area contributed by atoms with Crippen LogP contribution in [0.4, 0.5) is 0 Å². The van der Waals surface area contributed by atoms with Gasteiger partial charge in [0.15, 0.2) is 0 Å². The van der Waals surface area contributed by atoms with Crippen molar-refractivity contribution in [3.63, 3.8) is 0 Å². The van der Waals surface area contributed by atoms with E-state index < -0.39 is 10.0 Å². The smallest absolute Gasteiger partial charge is 0.251 e. The molecule has 1 fully saturated rings. The fraction of sp³-hybridized carbons (Fsp3) is 0.562. The lowest BCUT2D eigenvalue weighted by Crippen LogP contribution is -2.45. The summed E-state index contributed by atoms with van der Waals surface area (Å²) >= 11 is 0. The van der Waals surface area contributed by atoms with Gasteiger partial charge in [-0.3, -0.25) is 4.79 Å². The second kappa shape index (κ2) is 7.90. The first kappa shape index (κ1) is 17.9. The monoisotopic (exact) mass is 339 g/mol. The minimum atomic E-state index is -3.56. The van der Waals surface area contributed by atoms with E-state index in [0.29, 0.717) is 23.6 Å². The molecule has 23 heavy (non-hydrogen) atoms. The lowest BCUT2D eigenvalue weighted by molar-refractivity contribution is 0.0915. The summed E-state index contributed by atoms with van der Waals surface area (Å²) in [5.74, 6) is 0.0371. The Labute approximate surface area is 137 Å². The van der Waals surface area contributed by atoms with Crippen molar-refractivity contribution in [2.24, 2.45) is 16.8 Å². The molecule has 1 aromatic carbocycles. The van der Waals surface area contributed by atoms with Gasteiger partial charge in [-0.2, -0.15) is 0 Å². The van der Waals surface area contributed by atoms with Gasteiger partial charge in [-0.1, -0.05) is 31.4 Å². The molecule has 128 valence electrons. The van der Waals surface area contributed by atoms with E-state index >= 15 is 0 Å². The standard InChI is InChI=1S/C16H25N3O3S/c17-10-15(13-4-2-1-3-5-13)19-16(20)14-8-6-12(7-9-14)11-23(18,21)22/h6-9,13,15H,1-5,10-11,17H2,(H,19,20)(H2,18,21,22). The van der Waals surface area contributed by atoms with Gasteiger partial charge >= 0.3 is 0 Å². The molecule has 2 rings (SSSR count). The number of sulfonamides is 1. The van der Waals surface area contributed by atoms with Crippen LogP contribution < -0.4 is 16.2 Å². The number of amides is 1. The van der Waals surface area contributed by atoms with Crippen LogP contribution in [0, 0.1) is 5.92 Å². The number of primary sulfonamides is 1. The highest BCUT2D eigenvalue weighted by atomic mass is 32.2. The van der Waals surface area contributed by atoms with E-state index in [1.54, 1.807) is 24.3 Å². The molecule has 7 heteroatoms. The summed E-state index contributed by atoms with van der Waals surface area (Å²) in [5.41, 5.74) is 6.89. The minimum absolute atomic E-state index is 0.00750. The van der Waals surface area contributed by atoms with Crippen LogP contribution in [0.2, 0.25) is 0 Å². The topological polar surface area (TPSA) is 115 Å². The van der Waals surface area contributed by atoms with Crippen molar-refractivity contribution in [1.82, 2.24) is 5.32 Å². The SMILES string of the molecule is NCC(NC(=O)c1ccc(CS(N)(=O)=O)cc1)C1CCCCC1. The molecule has 0 aromatic heterocycles. The Bertz CT molecular complexity index is 622. The first-order chi connectivity index (χ1) is 10.9. The maximum Gasteiger partial charge on any atom is 0.251 e. The van der Waals surface area contributed by atoms with Crippen LogP contribution in [-0.2, 0) is 15.8 Å². The molecule has 0 bridgehead atoms. The highest BCUT2D eigenvalue weighted by Gasteiger charge is 2.24. The highest BCUT2D eigenvalue weighted by molar-refractivity contribution is 7.88. The molecule has 0 spiro atoms. The Hall–Kier alpha value is -1.44. The Morgan fingerprint density at radius 1 is 1.17 bits per heavy atom. The first-order valence-electron chi connectivity index (χ1n) is 7.99. The van der Waals surface area contributed by atoms with Crippen molar-refractivity contribution in [3.05, 3.63) is 35.4 Å². The summed E-state index contributed by atoms with van der Waals surface area (Å²) < 4.78 is 22.1. The molecule has 0 saturated heterocycles. The van der Waals surface area contributed by atoms with Gasteiger partial charge in [0.05, 0.1) is 5.75 Å². The average molecular weight is 339 g/mol. The third-order valence-corrected chi connectivity index (χ3v) is 5.11. The number of benzene rings is 1. The highest BCUT2D eigenvalue weighted by Crippen LogP contribution is 2.26. The Morgan fingerprint density at radius 2 is 1.78 bits per heavy atom. The zero-order valence-electron chi connectivity index (χ0n) is 13.2. The Morgan fingerprint density at radius 3 is 2.30 bits per heavy atom. The van der Waals surface area contributed by atoms with Crippen molar-refractivity contribution in [2.75, 3.05) is 6.54 Å². The number of carbonyl (C=O) groups is 1. The molecule has 1 aliphatic rings. The summed E-state index contributed by atoms with van der Waals surface area (Å²) in [6.45, 7) is 0.430. The van der Waals surface area contributed by atoms with E-state index in [2.05, 4.69) is 5.32 Å². The van der Waals surface area contributed by atoms with Crippen LogP contribution in [0.3, 0.4) is 0 Å². The Balaban J connectivity index is 1.98. The third kappa shape index (κ3) is 5.60. The van der Waals surface area contributed by atoms with Crippen molar-refractivity contribution in [1.29, 1.82) is 0 Å². The van der Waals surface area contributed by atoms with Gasteiger partial charge in [-0.05, 0) is 36.5 Å². The largest absolute Gasteiger partial charge is 0.348 e. The maximum absolute atomic E-state index is 12.3. The third-order valence-electron chi connectivity index (χ3n) is 4.37. The minimum Gasteiger partial charge on any atom is -0.348 e. The van der Waals surface area contributed by atoms with Gasteiger partial charge < -0.3 is 11.1 Å². The van der Waals surface area contributed by atoms with Crippen molar-refractivity contribution < 1.29 is 13.2 Å². The molecule has 6 nitrogen and oxygen atoms in total. The summed E-state index contributed by atoms with van der Waals surface area (Å²) in [6, 6.07) is 6.44. The maximum atomic E-state index is 12.3. The lowest BCUT2D eigenvalue weighted by atomic mass is 9.84. The second-order valence-corrected chi connectivity index (χ2v) is 7.83. The van der Waals surface area contributed by atoms with Crippen LogP contribution in [0.25, 0.3) is 0 Å². The molecule has 1 aliphatic carbocycles. The van der Waals surface area contributed by atoms with Crippen molar-refractivity contribution >= 4 is 15.9 Å². The van der Waals surface area contributed by atoms with E-state index in [-0.39, 0.29) is 17.7 Å². The predicted octanol–water partition coefficient (Wildman–Crippen LogP) is 1.11. The van der Waals surface area contributed by atoms with Crippen LogP contribution in [-0.4, -0.2) is 26.9 Å². The van der Waals surface area contributed by atoms with E-state index in [0.717, 1.165) is 12.8 Å². The molecule has 1 saturated carbocycles. The van der Waals surface area contributed by atoms with Gasteiger partial charge in [0.1, 0.15) is 0 Å². The molecule has 0 aliphatic heterocycles. The van der Waals surface area contributed by atoms with Gasteiger partial charge in [0.2, 0.25) is 10.0 Å². The normalized spacial score (nSPS) is 17.7. The van der Waals surface area contributed by atoms with E-state index in [1.165, 1.54) is 19.3 Å². The van der Waals surface area contributed by atoms with Crippen molar-refractivity contribution in [2.45, 2.75) is 43.9 Å². The number of rotatable bonds is 6. The number of hydrogen-bond donors (Lipinski definition) is 3. The zero-order chi connectivity index (χ0) is 16.9. The molecule has 5 N–H and O–H groups in total. The number of hydrogen-bond acceptors (Lipinski definition) is 4. The van der Waals surface area contributed by atoms with Crippen molar-refractivity contribution in [3.8, 4) is 0 Å². The lowest BCUT2D eigenvalue weighted by Gasteiger charge is -2.30. The summed E-state index contributed by atoms with van der Waals surface area (Å²) in [7, 11) is -3.56. The van der Waals surface area contributed by atoms with E-state index in [1.807, 2.05) is 0 Å². The number of nitrogens with two attached hydrogens (primary N) is 2. The van der Waals surface area contributed by atoms with E-state index in [9.17, 15) is 13.2 Å². The second-order valence-electron chi connectivity index (χ2n) is 6.22. The molecule has 1 unspecified atom stereocenters. The van der Waals surface area contributed by atoms with Gasteiger partial charge in [0.25, 0.3) is 5.91 Å². The number of carbonyl (C=O) groups excluding carboxylic acids is 1. The number of nitrogens with one attached hydrogen (secondary N) is 1. The van der Waals surface area contributed by atoms with Crippen LogP contribution in [0.1, 0.15) is 48.0 Å². The van der Waals surface area contributed by atoms with Crippen LogP contribution in [0.5, 0.6) is 0 Å². The zero-order valence-corrected chi connectivity index (χ0v) is 14.0. The first-order valence-corrected chi connectivity index (χ1v) is 9.71. The molecule has 1 atom stereocenters. The van der Waals surface area contributed by atoms with Crippen LogP contribution in [0.15, 0.2) is 24.3 Å². The van der Waals surface area contributed by atoms with Gasteiger partial charge in [0, 0.05) is 18.2 Å². The van der Waals surface area contributed by atoms with Gasteiger partial charge in [-0.25, -0.2) is 13.6 Å². The molecular formula is C16H25N3O3S. The molecule has 1 aromatic rings. The quantitative estimate of drug-likeness (QED) is 0.720. The van der Waals surface area contributed by atoms with Gasteiger partial charge in [-0.15, -0.1) is 0 Å². The molecule has 0 heterocycles. The summed E-state index contributed by atoms with van der Waals surface area (Å²) in [6.07, 6.45) is 5.86. The molecular weight excluding hydrogens is 314 g/mol. The molecule has 0 radical (unpaired) electrons. The van der Waals surface area contributed by atoms with E-state index in [4.69, 9.17) is 10.9 Å². The average Bonchev–Trinajstić information content (AvgIpc) is 2.52. The van der Waals surface area contributed by atoms with Crippen LogP contribution >= 0.6 is 0 Å². The molecule has 1 amide bonds.